The highest BCUT2D eigenvalue weighted by Crippen LogP contribution is 2.34. The Kier molecular flexibility index (Phi) is 13.9. The molecule has 1 atom stereocenters. The van der Waals surface area contributed by atoms with E-state index in [0.29, 0.717) is 33.9 Å². The van der Waals surface area contributed by atoms with Crippen molar-refractivity contribution in [3.8, 4) is 17.2 Å². The first-order chi connectivity index (χ1) is 17.7. The number of hydrogen-bond donors (Lipinski definition) is 0. The Bertz CT molecular complexity index is 1150. The van der Waals surface area contributed by atoms with Crippen LogP contribution in [0.15, 0.2) is 83.3 Å². The number of rotatable bonds is 7. The first-order valence-electron chi connectivity index (χ1n) is 12.5. The molecule has 1 heterocycles. The smallest absolute Gasteiger partial charge is 0.379 e. The Morgan fingerprint density at radius 1 is 0.806 bits per heavy atom. The Hall–Kier alpha value is -3.93. The average Bonchev–Trinajstić information content (AvgIpc) is 3.40. The second-order valence-corrected chi connectivity index (χ2v) is 6.48. The lowest BCUT2D eigenvalue weighted by molar-refractivity contribution is -0.156. The van der Waals surface area contributed by atoms with Crippen molar-refractivity contribution in [2.24, 2.45) is 0 Å². The quantitative estimate of drug-likeness (QED) is 0.194. The fourth-order valence-corrected chi connectivity index (χ4v) is 3.07. The summed E-state index contributed by atoms with van der Waals surface area (Å²) >= 11 is 0. The van der Waals surface area contributed by atoms with Gasteiger partial charge in [0.15, 0.2) is 11.7 Å². The molecule has 0 amide bonds. The van der Waals surface area contributed by atoms with Crippen LogP contribution in [-0.2, 0) is 14.3 Å². The van der Waals surface area contributed by atoms with Gasteiger partial charge in [0.05, 0.1) is 12.2 Å². The van der Waals surface area contributed by atoms with E-state index in [0.717, 1.165) is 0 Å². The number of ketones is 1. The van der Waals surface area contributed by atoms with Gasteiger partial charge in [-0.05, 0) is 31.2 Å². The molecule has 0 spiro atoms. The predicted molar refractivity (Wildman–Crippen MR) is 145 cm³/mol. The fraction of sp³-hybridized carbons (Fsp3) is 0.300. The summed E-state index contributed by atoms with van der Waals surface area (Å²) in [6.45, 7) is 13.7. The SMILES string of the molecule is CC.CC.CC.CCOC(=O)C(=O)C(Oc1ccccc1-c1nc2ccccc2o1)c1ccccc1. The maximum atomic E-state index is 12.8. The number of carbonyl (C=O) groups excluding carboxylic acids is 2. The summed E-state index contributed by atoms with van der Waals surface area (Å²) < 4.78 is 16.8. The molecule has 1 aromatic heterocycles. The third-order valence-electron chi connectivity index (χ3n) is 4.47. The number of hydrogen-bond acceptors (Lipinski definition) is 6. The second-order valence-electron chi connectivity index (χ2n) is 6.48. The minimum absolute atomic E-state index is 0.103. The number of ether oxygens (including phenoxy) is 2. The van der Waals surface area contributed by atoms with E-state index in [4.69, 9.17) is 13.9 Å². The number of fused-ring (bicyclic) bond motifs is 1. The molecule has 0 saturated carbocycles. The van der Waals surface area contributed by atoms with Crippen LogP contribution < -0.4 is 4.74 Å². The van der Waals surface area contributed by atoms with Gasteiger partial charge in [-0.1, -0.05) is 96.1 Å². The molecule has 192 valence electrons. The Morgan fingerprint density at radius 2 is 1.39 bits per heavy atom. The molecule has 4 aromatic rings. The summed E-state index contributed by atoms with van der Waals surface area (Å²) in [6.07, 6.45) is -1.16. The summed E-state index contributed by atoms with van der Waals surface area (Å²) in [5.41, 5.74) is 2.48. The lowest BCUT2D eigenvalue weighted by Gasteiger charge is -2.19. The molecule has 36 heavy (non-hydrogen) atoms. The number of Topliss-reactive ketones (excluding diaryl/α,β-unsaturated/α-hetero) is 1. The van der Waals surface area contributed by atoms with E-state index in [9.17, 15) is 9.59 Å². The van der Waals surface area contributed by atoms with Crippen molar-refractivity contribution in [1.82, 2.24) is 4.98 Å². The highest BCUT2D eigenvalue weighted by molar-refractivity contribution is 6.35. The topological polar surface area (TPSA) is 78.6 Å². The maximum absolute atomic E-state index is 12.8. The van der Waals surface area contributed by atoms with Crippen molar-refractivity contribution in [3.05, 3.63) is 84.4 Å². The third-order valence-corrected chi connectivity index (χ3v) is 4.47. The third kappa shape index (κ3) is 7.80. The minimum atomic E-state index is -1.16. The Balaban J connectivity index is 0.00000101. The lowest BCUT2D eigenvalue weighted by Crippen LogP contribution is -2.28. The van der Waals surface area contributed by atoms with Gasteiger partial charge in [-0.2, -0.15) is 0 Å². The predicted octanol–water partition coefficient (Wildman–Crippen LogP) is 7.83. The van der Waals surface area contributed by atoms with Crippen LogP contribution in [0.2, 0.25) is 0 Å². The molecule has 0 aliphatic carbocycles. The number of nitrogens with zero attached hydrogens (tertiary/aromatic N) is 1. The number of esters is 1. The van der Waals surface area contributed by atoms with Crippen molar-refractivity contribution in [2.75, 3.05) is 6.61 Å². The lowest BCUT2D eigenvalue weighted by atomic mass is 10.1. The highest BCUT2D eigenvalue weighted by atomic mass is 16.5. The summed E-state index contributed by atoms with van der Waals surface area (Å²) in [4.78, 5) is 29.4. The van der Waals surface area contributed by atoms with Crippen LogP contribution in [-0.4, -0.2) is 23.3 Å². The van der Waals surface area contributed by atoms with Crippen molar-refractivity contribution in [2.45, 2.75) is 54.6 Å². The Labute approximate surface area is 214 Å². The molecule has 0 saturated heterocycles. The summed E-state index contributed by atoms with van der Waals surface area (Å²) in [5.74, 6) is -0.987. The van der Waals surface area contributed by atoms with Crippen LogP contribution in [0, 0.1) is 0 Å². The number of oxazole rings is 1. The highest BCUT2D eigenvalue weighted by Gasteiger charge is 2.31. The number of para-hydroxylation sites is 3. The van der Waals surface area contributed by atoms with Crippen molar-refractivity contribution < 1.29 is 23.5 Å². The van der Waals surface area contributed by atoms with Crippen molar-refractivity contribution in [3.63, 3.8) is 0 Å². The number of benzene rings is 3. The Morgan fingerprint density at radius 3 is 2.03 bits per heavy atom. The van der Waals surface area contributed by atoms with E-state index in [2.05, 4.69) is 4.98 Å². The van der Waals surface area contributed by atoms with Gasteiger partial charge in [-0.3, -0.25) is 4.79 Å². The number of carbonyl (C=O) groups is 2. The van der Waals surface area contributed by atoms with Crippen LogP contribution >= 0.6 is 0 Å². The van der Waals surface area contributed by atoms with Gasteiger partial charge in [0, 0.05) is 5.56 Å². The van der Waals surface area contributed by atoms with E-state index in [1.54, 1.807) is 49.4 Å². The minimum Gasteiger partial charge on any atom is -0.476 e. The second kappa shape index (κ2) is 16.7. The molecular formula is C30H37NO5. The fourth-order valence-electron chi connectivity index (χ4n) is 3.07. The standard InChI is InChI=1S/C24H19NO5.3C2H6/c1-2-28-24(27)21(26)22(16-10-4-3-5-11-16)29-19-14-8-6-12-17(19)23-25-18-13-7-9-15-20(18)30-23;3*1-2/h3-15,22H,2H2,1H3;3*1-2H3. The molecular weight excluding hydrogens is 454 g/mol. The zero-order valence-electron chi connectivity index (χ0n) is 22.3. The van der Waals surface area contributed by atoms with Gasteiger partial charge in [-0.15, -0.1) is 0 Å². The van der Waals surface area contributed by atoms with E-state index >= 15 is 0 Å². The largest absolute Gasteiger partial charge is 0.476 e. The molecule has 6 nitrogen and oxygen atoms in total. The molecule has 0 N–H and O–H groups in total. The van der Waals surface area contributed by atoms with Gasteiger partial charge < -0.3 is 13.9 Å². The molecule has 0 aliphatic rings. The zero-order chi connectivity index (χ0) is 26.9. The van der Waals surface area contributed by atoms with E-state index in [1.807, 2.05) is 77.9 Å². The maximum Gasteiger partial charge on any atom is 0.379 e. The first kappa shape index (κ1) is 30.1. The van der Waals surface area contributed by atoms with E-state index in [1.165, 1.54) is 0 Å². The summed E-state index contributed by atoms with van der Waals surface area (Å²) in [6, 6.07) is 23.3. The van der Waals surface area contributed by atoms with Crippen molar-refractivity contribution >= 4 is 22.9 Å². The molecule has 0 fully saturated rings. The van der Waals surface area contributed by atoms with Crippen LogP contribution in [0.1, 0.15) is 60.1 Å². The molecule has 3 aromatic carbocycles. The molecule has 6 heteroatoms. The molecule has 1 unspecified atom stereocenters. The summed E-state index contributed by atoms with van der Waals surface area (Å²) in [7, 11) is 0. The average molecular weight is 492 g/mol. The monoisotopic (exact) mass is 491 g/mol. The zero-order valence-corrected chi connectivity index (χ0v) is 22.3. The van der Waals surface area contributed by atoms with Crippen LogP contribution in [0.25, 0.3) is 22.6 Å². The summed E-state index contributed by atoms with van der Waals surface area (Å²) in [5, 5.41) is 0. The van der Waals surface area contributed by atoms with Gasteiger partial charge >= 0.3 is 5.97 Å². The van der Waals surface area contributed by atoms with E-state index in [-0.39, 0.29) is 6.61 Å². The first-order valence-corrected chi connectivity index (χ1v) is 12.5. The van der Waals surface area contributed by atoms with Crippen LogP contribution in [0.3, 0.4) is 0 Å². The molecule has 0 radical (unpaired) electrons. The van der Waals surface area contributed by atoms with Gasteiger partial charge in [0.1, 0.15) is 11.3 Å². The van der Waals surface area contributed by atoms with Gasteiger partial charge in [0.25, 0.3) is 5.78 Å². The molecule has 4 rings (SSSR count). The molecule has 0 aliphatic heterocycles. The van der Waals surface area contributed by atoms with Crippen molar-refractivity contribution in [1.29, 1.82) is 0 Å². The van der Waals surface area contributed by atoms with Crippen LogP contribution in [0.4, 0.5) is 0 Å². The number of aromatic nitrogens is 1. The van der Waals surface area contributed by atoms with E-state index < -0.39 is 17.9 Å². The van der Waals surface area contributed by atoms with Gasteiger partial charge in [-0.25, -0.2) is 9.78 Å². The molecule has 0 bridgehead atoms. The van der Waals surface area contributed by atoms with Crippen LogP contribution in [0.5, 0.6) is 5.75 Å². The van der Waals surface area contributed by atoms with Gasteiger partial charge in [0.2, 0.25) is 5.89 Å². The normalized spacial score (nSPS) is 10.3.